The molecule has 0 fully saturated rings. The maximum Gasteiger partial charge on any atom is 0.102 e. The predicted octanol–water partition coefficient (Wildman–Crippen LogP) is 4.96. The Kier molecular flexibility index (Phi) is 3.12. The van der Waals surface area contributed by atoms with Gasteiger partial charge in [0.25, 0.3) is 0 Å². The summed E-state index contributed by atoms with van der Waals surface area (Å²) in [6.07, 6.45) is 0. The summed E-state index contributed by atoms with van der Waals surface area (Å²) in [7, 11) is 0. The van der Waals surface area contributed by atoms with E-state index in [1.165, 1.54) is 11.3 Å². The molecule has 1 aromatic heterocycles. The highest BCUT2D eigenvalue weighted by atomic mass is 35.5. The molecule has 0 atom stereocenters. The van der Waals surface area contributed by atoms with Gasteiger partial charge in [0, 0.05) is 5.56 Å². The lowest BCUT2D eigenvalue weighted by molar-refractivity contribution is 1.66. The van der Waals surface area contributed by atoms with Crippen LogP contribution in [0.1, 0.15) is 0 Å². The zero-order valence-electron chi connectivity index (χ0n) is 7.43. The largest absolute Gasteiger partial charge is 0.398 e. The molecule has 2 rings (SSSR count). The summed E-state index contributed by atoms with van der Waals surface area (Å²) in [5.41, 5.74) is 7.98. The Bertz CT molecular complexity index is 507. The molecule has 1 nitrogen and oxygen atoms in total. The van der Waals surface area contributed by atoms with E-state index >= 15 is 0 Å². The van der Waals surface area contributed by atoms with Crippen molar-refractivity contribution < 1.29 is 0 Å². The number of benzene rings is 1. The maximum atomic E-state index is 6.03. The molecule has 2 aromatic rings. The van der Waals surface area contributed by atoms with E-state index < -0.39 is 0 Å². The zero-order chi connectivity index (χ0) is 11.0. The summed E-state index contributed by atoms with van der Waals surface area (Å²) in [6.45, 7) is 0. The summed E-state index contributed by atoms with van der Waals surface area (Å²) in [5, 5.41) is 0.519. The van der Waals surface area contributed by atoms with Crippen molar-refractivity contribution in [3.8, 4) is 11.1 Å². The molecule has 0 amide bonds. The van der Waals surface area contributed by atoms with E-state index in [1.807, 2.05) is 12.1 Å². The number of nitrogen functional groups attached to an aromatic ring is 1. The molecular formula is C10H6Cl3NS. The van der Waals surface area contributed by atoms with Crippen LogP contribution in [0.4, 0.5) is 5.69 Å². The minimum atomic E-state index is 0.519. The Morgan fingerprint density at radius 3 is 2.33 bits per heavy atom. The molecule has 78 valence electrons. The molecule has 0 spiro atoms. The topological polar surface area (TPSA) is 26.0 Å². The first-order chi connectivity index (χ1) is 7.08. The van der Waals surface area contributed by atoms with E-state index in [2.05, 4.69) is 0 Å². The van der Waals surface area contributed by atoms with E-state index in [0.29, 0.717) is 19.4 Å². The van der Waals surface area contributed by atoms with Crippen LogP contribution in [0.2, 0.25) is 13.7 Å². The summed E-state index contributed by atoms with van der Waals surface area (Å²) < 4.78 is 1.31. The van der Waals surface area contributed by atoms with Crippen molar-refractivity contribution in [1.82, 2.24) is 0 Å². The number of hydrogen-bond donors (Lipinski definition) is 1. The van der Waals surface area contributed by atoms with Crippen LogP contribution in [0.15, 0.2) is 24.3 Å². The van der Waals surface area contributed by atoms with Gasteiger partial charge in [-0.3, -0.25) is 0 Å². The van der Waals surface area contributed by atoms with E-state index in [4.69, 9.17) is 40.5 Å². The Labute approximate surface area is 106 Å². The number of thiophene rings is 1. The summed E-state index contributed by atoms with van der Waals surface area (Å²) >= 11 is 19.2. The fourth-order valence-electron chi connectivity index (χ4n) is 1.23. The Balaban J connectivity index is 2.54. The summed E-state index contributed by atoms with van der Waals surface area (Å²) in [4.78, 5) is 0. The van der Waals surface area contributed by atoms with Crippen molar-refractivity contribution >= 4 is 51.8 Å². The maximum absolute atomic E-state index is 6.03. The molecule has 15 heavy (non-hydrogen) atoms. The minimum Gasteiger partial charge on any atom is -0.398 e. The molecule has 0 aliphatic rings. The SMILES string of the molecule is Nc1ccc(-c2cc(Cl)sc2Cl)cc1Cl. The lowest BCUT2D eigenvalue weighted by Gasteiger charge is -2.02. The molecule has 0 aliphatic heterocycles. The molecular weight excluding hydrogens is 273 g/mol. The standard InChI is InChI=1S/C10H6Cl3NS/c11-7-3-5(1-2-8(7)14)6-4-9(12)15-10(6)13/h1-4H,14H2. The van der Waals surface area contributed by atoms with Gasteiger partial charge >= 0.3 is 0 Å². The molecule has 1 aromatic carbocycles. The van der Waals surface area contributed by atoms with Crippen LogP contribution in [0.5, 0.6) is 0 Å². The smallest absolute Gasteiger partial charge is 0.102 e. The van der Waals surface area contributed by atoms with Crippen molar-refractivity contribution in [3.63, 3.8) is 0 Å². The highest BCUT2D eigenvalue weighted by Crippen LogP contribution is 2.39. The average molecular weight is 279 g/mol. The number of anilines is 1. The van der Waals surface area contributed by atoms with Crippen LogP contribution >= 0.6 is 46.1 Å². The lowest BCUT2D eigenvalue weighted by atomic mass is 10.1. The number of nitrogens with two attached hydrogens (primary N) is 1. The van der Waals surface area contributed by atoms with Crippen molar-refractivity contribution in [1.29, 1.82) is 0 Å². The van der Waals surface area contributed by atoms with E-state index in [-0.39, 0.29) is 0 Å². The zero-order valence-corrected chi connectivity index (χ0v) is 10.5. The van der Waals surface area contributed by atoms with Crippen molar-refractivity contribution in [2.45, 2.75) is 0 Å². The van der Waals surface area contributed by atoms with Crippen LogP contribution < -0.4 is 5.73 Å². The van der Waals surface area contributed by atoms with Gasteiger partial charge in [-0.15, -0.1) is 11.3 Å². The van der Waals surface area contributed by atoms with Gasteiger partial charge in [-0.1, -0.05) is 40.9 Å². The van der Waals surface area contributed by atoms with Crippen LogP contribution in [0, 0.1) is 0 Å². The third kappa shape index (κ3) is 2.23. The van der Waals surface area contributed by atoms with Crippen molar-refractivity contribution in [3.05, 3.63) is 38.0 Å². The fraction of sp³-hybridized carbons (Fsp3) is 0. The molecule has 5 heteroatoms. The predicted molar refractivity (Wildman–Crippen MR) is 69.2 cm³/mol. The molecule has 0 bridgehead atoms. The van der Waals surface area contributed by atoms with E-state index in [1.54, 1.807) is 12.1 Å². The molecule has 0 saturated heterocycles. The Morgan fingerprint density at radius 2 is 1.80 bits per heavy atom. The molecule has 0 radical (unpaired) electrons. The van der Waals surface area contributed by atoms with Gasteiger partial charge in [-0.05, 0) is 23.8 Å². The number of halogens is 3. The quantitative estimate of drug-likeness (QED) is 0.733. The van der Waals surface area contributed by atoms with Crippen LogP contribution in [-0.4, -0.2) is 0 Å². The second kappa shape index (κ2) is 4.22. The second-order valence-corrected chi connectivity index (χ2v) is 5.67. The van der Waals surface area contributed by atoms with Crippen molar-refractivity contribution in [2.24, 2.45) is 0 Å². The van der Waals surface area contributed by atoms with Gasteiger partial charge in [0.1, 0.15) is 4.34 Å². The third-order valence-electron chi connectivity index (χ3n) is 1.97. The fourth-order valence-corrected chi connectivity index (χ4v) is 2.92. The van der Waals surface area contributed by atoms with Crippen LogP contribution in [0.3, 0.4) is 0 Å². The van der Waals surface area contributed by atoms with Gasteiger partial charge in [0.05, 0.1) is 15.0 Å². The van der Waals surface area contributed by atoms with E-state index in [9.17, 15) is 0 Å². The van der Waals surface area contributed by atoms with Gasteiger partial charge in [-0.25, -0.2) is 0 Å². The highest BCUT2D eigenvalue weighted by Gasteiger charge is 2.09. The monoisotopic (exact) mass is 277 g/mol. The van der Waals surface area contributed by atoms with Crippen LogP contribution in [0.25, 0.3) is 11.1 Å². The van der Waals surface area contributed by atoms with Gasteiger partial charge in [0.15, 0.2) is 0 Å². The Morgan fingerprint density at radius 1 is 1.07 bits per heavy atom. The molecule has 0 aliphatic carbocycles. The second-order valence-electron chi connectivity index (χ2n) is 2.97. The molecule has 1 heterocycles. The number of hydrogen-bond acceptors (Lipinski definition) is 2. The van der Waals surface area contributed by atoms with Gasteiger partial charge < -0.3 is 5.73 Å². The molecule has 2 N–H and O–H groups in total. The van der Waals surface area contributed by atoms with Gasteiger partial charge in [0.2, 0.25) is 0 Å². The van der Waals surface area contributed by atoms with Crippen LogP contribution in [-0.2, 0) is 0 Å². The minimum absolute atomic E-state index is 0.519. The molecule has 0 unspecified atom stereocenters. The van der Waals surface area contributed by atoms with E-state index in [0.717, 1.165) is 11.1 Å². The normalized spacial score (nSPS) is 10.6. The van der Waals surface area contributed by atoms with Crippen molar-refractivity contribution in [2.75, 3.05) is 5.73 Å². The summed E-state index contributed by atoms with van der Waals surface area (Å²) in [5.74, 6) is 0. The lowest BCUT2D eigenvalue weighted by Crippen LogP contribution is -1.85. The highest BCUT2D eigenvalue weighted by molar-refractivity contribution is 7.20. The average Bonchev–Trinajstić information content (AvgIpc) is 2.50. The molecule has 0 saturated carbocycles. The first-order valence-electron chi connectivity index (χ1n) is 4.08. The summed E-state index contributed by atoms with van der Waals surface area (Å²) in [6, 6.07) is 7.21. The first-order valence-corrected chi connectivity index (χ1v) is 6.03. The Hall–Kier alpha value is -0.410. The third-order valence-corrected chi connectivity index (χ3v) is 3.78. The van der Waals surface area contributed by atoms with Gasteiger partial charge in [-0.2, -0.15) is 0 Å². The number of rotatable bonds is 1. The first kappa shape index (κ1) is 11.1.